The summed E-state index contributed by atoms with van der Waals surface area (Å²) in [6.07, 6.45) is 2.35. The Kier molecular flexibility index (Phi) is 5.67. The minimum Gasteiger partial charge on any atom is -0.496 e. The molecule has 2 rings (SSSR count). The number of halogens is 1. The molecule has 19 heavy (non-hydrogen) atoms. The zero-order chi connectivity index (χ0) is 13.7. The SMILES string of the molecule is COc1ccc([C@H](C)NCC2CCOCC2)cc1Br. The molecule has 0 aromatic heterocycles. The highest BCUT2D eigenvalue weighted by Gasteiger charge is 2.15. The fourth-order valence-electron chi connectivity index (χ4n) is 2.36. The molecule has 0 unspecified atom stereocenters. The molecule has 0 aliphatic carbocycles. The second kappa shape index (κ2) is 7.27. The number of hydrogen-bond acceptors (Lipinski definition) is 3. The van der Waals surface area contributed by atoms with Crippen molar-refractivity contribution in [1.82, 2.24) is 5.32 Å². The van der Waals surface area contributed by atoms with Gasteiger partial charge >= 0.3 is 0 Å². The van der Waals surface area contributed by atoms with E-state index < -0.39 is 0 Å². The van der Waals surface area contributed by atoms with Crippen LogP contribution < -0.4 is 10.1 Å². The van der Waals surface area contributed by atoms with E-state index in [0.717, 1.165) is 35.9 Å². The quantitative estimate of drug-likeness (QED) is 0.897. The molecule has 1 aliphatic heterocycles. The van der Waals surface area contributed by atoms with Crippen LogP contribution in [0.1, 0.15) is 31.4 Å². The lowest BCUT2D eigenvalue weighted by molar-refractivity contribution is 0.0656. The van der Waals surface area contributed by atoms with Gasteiger partial charge in [0, 0.05) is 19.3 Å². The molecule has 4 heteroatoms. The van der Waals surface area contributed by atoms with E-state index in [4.69, 9.17) is 9.47 Å². The summed E-state index contributed by atoms with van der Waals surface area (Å²) in [5, 5.41) is 3.62. The van der Waals surface area contributed by atoms with Gasteiger partial charge in [0.25, 0.3) is 0 Å². The number of hydrogen-bond donors (Lipinski definition) is 1. The van der Waals surface area contributed by atoms with Gasteiger partial charge in [-0.2, -0.15) is 0 Å². The van der Waals surface area contributed by atoms with Crippen LogP contribution >= 0.6 is 15.9 Å². The summed E-state index contributed by atoms with van der Waals surface area (Å²) in [7, 11) is 1.69. The third kappa shape index (κ3) is 4.20. The van der Waals surface area contributed by atoms with Gasteiger partial charge in [0.2, 0.25) is 0 Å². The van der Waals surface area contributed by atoms with Crippen LogP contribution in [0.2, 0.25) is 0 Å². The average molecular weight is 328 g/mol. The smallest absolute Gasteiger partial charge is 0.133 e. The molecule has 1 aliphatic rings. The summed E-state index contributed by atoms with van der Waals surface area (Å²) in [5.74, 6) is 1.62. The van der Waals surface area contributed by atoms with Crippen LogP contribution in [0.15, 0.2) is 22.7 Å². The minimum absolute atomic E-state index is 0.352. The van der Waals surface area contributed by atoms with Gasteiger partial charge in [0.05, 0.1) is 11.6 Å². The van der Waals surface area contributed by atoms with E-state index >= 15 is 0 Å². The van der Waals surface area contributed by atoms with Gasteiger partial charge in [0.15, 0.2) is 0 Å². The van der Waals surface area contributed by atoms with Crippen LogP contribution in [-0.4, -0.2) is 26.9 Å². The lowest BCUT2D eigenvalue weighted by Gasteiger charge is -2.24. The summed E-state index contributed by atoms with van der Waals surface area (Å²) in [6.45, 7) is 5.09. The predicted molar refractivity (Wildman–Crippen MR) is 80.7 cm³/mol. The van der Waals surface area contributed by atoms with Gasteiger partial charge in [-0.3, -0.25) is 0 Å². The van der Waals surface area contributed by atoms with Gasteiger partial charge < -0.3 is 14.8 Å². The van der Waals surface area contributed by atoms with E-state index in [-0.39, 0.29) is 0 Å². The molecule has 0 amide bonds. The zero-order valence-corrected chi connectivity index (χ0v) is 13.2. The van der Waals surface area contributed by atoms with Crippen LogP contribution in [0.4, 0.5) is 0 Å². The molecule has 1 heterocycles. The molecule has 0 radical (unpaired) electrons. The van der Waals surface area contributed by atoms with E-state index in [1.54, 1.807) is 7.11 Å². The van der Waals surface area contributed by atoms with Crippen LogP contribution in [0.25, 0.3) is 0 Å². The molecule has 1 N–H and O–H groups in total. The third-order valence-corrected chi connectivity index (χ3v) is 4.35. The molecule has 0 spiro atoms. The van der Waals surface area contributed by atoms with Crippen molar-refractivity contribution in [2.75, 3.05) is 26.9 Å². The first kappa shape index (κ1) is 14.8. The van der Waals surface area contributed by atoms with E-state index in [2.05, 4.69) is 40.3 Å². The maximum Gasteiger partial charge on any atom is 0.133 e. The van der Waals surface area contributed by atoms with Crippen LogP contribution in [0.3, 0.4) is 0 Å². The summed E-state index contributed by atoms with van der Waals surface area (Å²) in [6, 6.07) is 6.60. The average Bonchev–Trinajstić information content (AvgIpc) is 2.45. The van der Waals surface area contributed by atoms with Crippen molar-refractivity contribution in [3.05, 3.63) is 28.2 Å². The van der Waals surface area contributed by atoms with Crippen molar-refractivity contribution in [3.8, 4) is 5.75 Å². The lowest BCUT2D eigenvalue weighted by Crippen LogP contribution is -2.29. The maximum atomic E-state index is 5.38. The highest BCUT2D eigenvalue weighted by molar-refractivity contribution is 9.10. The highest BCUT2D eigenvalue weighted by atomic mass is 79.9. The molecule has 3 nitrogen and oxygen atoms in total. The molecular weight excluding hydrogens is 306 g/mol. The van der Waals surface area contributed by atoms with E-state index in [1.165, 1.54) is 18.4 Å². The van der Waals surface area contributed by atoms with Gasteiger partial charge in [-0.25, -0.2) is 0 Å². The molecule has 1 fully saturated rings. The van der Waals surface area contributed by atoms with Crippen molar-refractivity contribution in [1.29, 1.82) is 0 Å². The molecule has 106 valence electrons. The second-order valence-corrected chi connectivity index (χ2v) is 5.93. The van der Waals surface area contributed by atoms with Crippen molar-refractivity contribution < 1.29 is 9.47 Å². The minimum atomic E-state index is 0.352. The highest BCUT2D eigenvalue weighted by Crippen LogP contribution is 2.28. The van der Waals surface area contributed by atoms with Crippen LogP contribution in [0, 0.1) is 5.92 Å². The van der Waals surface area contributed by atoms with Gasteiger partial charge in [-0.1, -0.05) is 6.07 Å². The normalized spacial score (nSPS) is 18.3. The van der Waals surface area contributed by atoms with Crippen LogP contribution in [-0.2, 0) is 4.74 Å². The van der Waals surface area contributed by atoms with E-state index in [1.807, 2.05) is 6.07 Å². The Hall–Kier alpha value is -0.580. The number of ether oxygens (including phenoxy) is 2. The standard InChI is InChI=1S/C15H22BrNO2/c1-11(17-10-12-5-7-19-8-6-12)13-3-4-15(18-2)14(16)9-13/h3-4,9,11-12,17H,5-8,10H2,1-2H3/t11-/m0/s1. The summed E-state index contributed by atoms with van der Waals surface area (Å²) >= 11 is 3.53. The Labute approximate surface area is 123 Å². The Morgan fingerprint density at radius 3 is 2.79 bits per heavy atom. The molecule has 1 saturated heterocycles. The number of methoxy groups -OCH3 is 1. The van der Waals surface area contributed by atoms with Gasteiger partial charge in [-0.05, 0) is 65.9 Å². The molecular formula is C15H22BrNO2. The molecule has 0 saturated carbocycles. The van der Waals surface area contributed by atoms with Crippen molar-refractivity contribution >= 4 is 15.9 Å². The first-order valence-corrected chi connectivity index (χ1v) is 7.64. The van der Waals surface area contributed by atoms with Crippen molar-refractivity contribution in [2.45, 2.75) is 25.8 Å². The fourth-order valence-corrected chi connectivity index (χ4v) is 2.92. The topological polar surface area (TPSA) is 30.5 Å². The van der Waals surface area contributed by atoms with E-state index in [0.29, 0.717) is 6.04 Å². The Morgan fingerprint density at radius 2 is 2.16 bits per heavy atom. The first-order valence-electron chi connectivity index (χ1n) is 6.85. The number of rotatable bonds is 5. The van der Waals surface area contributed by atoms with Gasteiger partial charge in [0.1, 0.15) is 5.75 Å². The molecule has 1 aromatic carbocycles. The maximum absolute atomic E-state index is 5.38. The second-order valence-electron chi connectivity index (χ2n) is 5.08. The first-order chi connectivity index (χ1) is 9.20. The Morgan fingerprint density at radius 1 is 1.42 bits per heavy atom. The third-order valence-electron chi connectivity index (χ3n) is 3.73. The van der Waals surface area contributed by atoms with Crippen molar-refractivity contribution in [2.24, 2.45) is 5.92 Å². The fraction of sp³-hybridized carbons (Fsp3) is 0.600. The van der Waals surface area contributed by atoms with Gasteiger partial charge in [-0.15, -0.1) is 0 Å². The lowest BCUT2D eigenvalue weighted by atomic mass is 9.99. The zero-order valence-electron chi connectivity index (χ0n) is 11.6. The van der Waals surface area contributed by atoms with E-state index in [9.17, 15) is 0 Å². The summed E-state index contributed by atoms with van der Waals surface area (Å²) in [5.41, 5.74) is 1.28. The summed E-state index contributed by atoms with van der Waals surface area (Å²) in [4.78, 5) is 0. The predicted octanol–water partition coefficient (Wildman–Crippen LogP) is 3.53. The van der Waals surface area contributed by atoms with Crippen molar-refractivity contribution in [3.63, 3.8) is 0 Å². The summed E-state index contributed by atoms with van der Waals surface area (Å²) < 4.78 is 11.6. The molecule has 0 bridgehead atoms. The monoisotopic (exact) mass is 327 g/mol. The molecule has 1 atom stereocenters. The number of nitrogens with one attached hydrogen (secondary N) is 1. The number of benzene rings is 1. The Bertz CT molecular complexity index is 405. The van der Waals surface area contributed by atoms with Crippen LogP contribution in [0.5, 0.6) is 5.75 Å². The molecule has 1 aromatic rings. The Balaban J connectivity index is 1.88. The largest absolute Gasteiger partial charge is 0.496 e.